The van der Waals surface area contributed by atoms with Crippen molar-refractivity contribution in [2.24, 2.45) is 5.73 Å². The summed E-state index contributed by atoms with van der Waals surface area (Å²) >= 11 is 6.52. The summed E-state index contributed by atoms with van der Waals surface area (Å²) in [5.41, 5.74) is 9.46. The van der Waals surface area contributed by atoms with E-state index in [-0.39, 0.29) is 16.1 Å². The molecule has 0 radical (unpaired) electrons. The van der Waals surface area contributed by atoms with Gasteiger partial charge in [-0.2, -0.15) is 17.4 Å². The Hall–Kier alpha value is -3.01. The Morgan fingerprint density at radius 3 is 2.32 bits per heavy atom. The molecule has 3 aromatic rings. The average molecular weight is 502 g/mol. The number of urea groups is 1. The quantitative estimate of drug-likeness (QED) is 0.498. The largest absolute Gasteiger partial charge is 0.350 e. The van der Waals surface area contributed by atoms with Gasteiger partial charge in [-0.05, 0) is 49.7 Å². The number of aromatic nitrogens is 2. The van der Waals surface area contributed by atoms with Crippen molar-refractivity contribution in [3.05, 3.63) is 65.7 Å². The fraction of sp³-hybridized carbons (Fsp3) is 0.292. The maximum atomic E-state index is 12.6. The summed E-state index contributed by atoms with van der Waals surface area (Å²) in [6, 6.07) is 8.81. The molecule has 0 saturated heterocycles. The van der Waals surface area contributed by atoms with Crippen LogP contribution in [0, 0.1) is 0 Å². The number of rotatable bonds is 6. The monoisotopic (exact) mass is 501 g/mol. The topological polar surface area (TPSA) is 118 Å². The highest BCUT2D eigenvalue weighted by atomic mass is 35.5. The number of primary amides is 1. The van der Waals surface area contributed by atoms with Gasteiger partial charge in [0.2, 0.25) is 0 Å². The average Bonchev–Trinajstić information content (AvgIpc) is 2.72. The molecule has 0 unspecified atom stereocenters. The number of hydrogen-bond acceptors (Lipinski definition) is 5. The van der Waals surface area contributed by atoms with E-state index in [0.29, 0.717) is 9.87 Å². The first-order chi connectivity index (χ1) is 15.8. The van der Waals surface area contributed by atoms with Crippen molar-refractivity contribution < 1.29 is 13.2 Å². The van der Waals surface area contributed by atoms with E-state index in [9.17, 15) is 13.2 Å². The maximum absolute atomic E-state index is 12.6. The second kappa shape index (κ2) is 9.69. The highest BCUT2D eigenvalue weighted by Crippen LogP contribution is 2.34. The van der Waals surface area contributed by atoms with Gasteiger partial charge in [-0.25, -0.2) is 4.79 Å². The molecule has 2 heterocycles. The van der Waals surface area contributed by atoms with Crippen LogP contribution < -0.4 is 14.8 Å². The molecule has 2 aromatic heterocycles. The van der Waals surface area contributed by atoms with Crippen LogP contribution >= 0.6 is 11.6 Å². The number of hydrogen-bond donors (Lipinski definition) is 2. The molecule has 0 spiro atoms. The third-order valence-electron chi connectivity index (χ3n) is 4.92. The number of anilines is 1. The van der Waals surface area contributed by atoms with Crippen LogP contribution in [-0.2, 0) is 15.6 Å². The molecular weight excluding hydrogens is 474 g/mol. The standard InChI is InChI=1S/C24H28ClN5O3S/c1-15(2)29-34(32,33)30(23(26)31)19-6-7-20(21(25)12-19)18-10-17(13-27-14-18)16-8-9-28-22(11-16)24(3,4)5/h6-15,29H,1-5H3,(H2,26,31). The van der Waals surface area contributed by atoms with Crippen LogP contribution in [0.1, 0.15) is 40.3 Å². The molecule has 0 aliphatic rings. The summed E-state index contributed by atoms with van der Waals surface area (Å²) in [4.78, 5) is 20.8. The number of benzene rings is 1. The lowest BCUT2D eigenvalue weighted by Crippen LogP contribution is -2.49. The SMILES string of the molecule is CC(C)NS(=O)(=O)N(C(N)=O)c1ccc(-c2cncc(-c3ccnc(C(C)(C)C)c3)c2)c(Cl)c1. The van der Waals surface area contributed by atoms with E-state index in [2.05, 4.69) is 35.5 Å². The van der Waals surface area contributed by atoms with Crippen LogP contribution in [0.15, 0.2) is 55.0 Å². The minimum absolute atomic E-state index is 0.0301. The normalized spacial score (nSPS) is 12.1. The Balaban J connectivity index is 2.01. The number of halogens is 1. The predicted octanol–water partition coefficient (Wildman–Crippen LogP) is 4.89. The lowest BCUT2D eigenvalue weighted by Gasteiger charge is -2.22. The number of nitrogens with two attached hydrogens (primary N) is 1. The molecule has 0 atom stereocenters. The smallest absolute Gasteiger partial charge is 0.334 e. The summed E-state index contributed by atoms with van der Waals surface area (Å²) in [5, 5.41) is 0.243. The van der Waals surface area contributed by atoms with Crippen LogP contribution in [-0.4, -0.2) is 30.5 Å². The number of amides is 2. The van der Waals surface area contributed by atoms with Crippen LogP contribution in [0.2, 0.25) is 5.02 Å². The van der Waals surface area contributed by atoms with E-state index < -0.39 is 22.3 Å². The fourth-order valence-corrected chi connectivity index (χ4v) is 4.98. The van der Waals surface area contributed by atoms with E-state index in [1.54, 1.807) is 38.5 Å². The molecule has 0 saturated carbocycles. The molecule has 0 fully saturated rings. The van der Waals surface area contributed by atoms with Crippen molar-refractivity contribution in [2.45, 2.75) is 46.1 Å². The van der Waals surface area contributed by atoms with Gasteiger partial charge in [0, 0.05) is 52.4 Å². The van der Waals surface area contributed by atoms with Crippen LogP contribution in [0.5, 0.6) is 0 Å². The summed E-state index contributed by atoms with van der Waals surface area (Å²) in [5.74, 6) is 0. The molecule has 1 aromatic carbocycles. The van der Waals surface area contributed by atoms with Crippen molar-refractivity contribution in [2.75, 3.05) is 4.31 Å². The highest BCUT2D eigenvalue weighted by Gasteiger charge is 2.28. The first kappa shape index (κ1) is 25.6. The van der Waals surface area contributed by atoms with Crippen molar-refractivity contribution >= 4 is 33.5 Å². The number of carbonyl (C=O) groups excluding carboxylic acids is 1. The molecular formula is C24H28ClN5O3S. The number of nitrogens with zero attached hydrogens (tertiary/aromatic N) is 3. The number of nitrogens with one attached hydrogen (secondary N) is 1. The fourth-order valence-electron chi connectivity index (χ4n) is 3.36. The second-order valence-electron chi connectivity index (χ2n) is 9.19. The van der Waals surface area contributed by atoms with Gasteiger partial charge in [0.25, 0.3) is 0 Å². The first-order valence-corrected chi connectivity index (χ1v) is 12.5. The van der Waals surface area contributed by atoms with Crippen LogP contribution in [0.4, 0.5) is 10.5 Å². The Morgan fingerprint density at radius 2 is 1.74 bits per heavy atom. The lowest BCUT2D eigenvalue weighted by molar-refractivity contribution is 0.257. The zero-order valence-corrected chi connectivity index (χ0v) is 21.3. The molecule has 3 rings (SSSR count). The zero-order chi connectivity index (χ0) is 25.3. The number of carbonyl (C=O) groups is 1. The maximum Gasteiger partial charge on any atom is 0.334 e. The van der Waals surface area contributed by atoms with Gasteiger partial charge < -0.3 is 5.73 Å². The van der Waals surface area contributed by atoms with Crippen molar-refractivity contribution in [1.29, 1.82) is 0 Å². The van der Waals surface area contributed by atoms with Gasteiger partial charge in [-0.3, -0.25) is 9.97 Å². The summed E-state index contributed by atoms with van der Waals surface area (Å²) in [7, 11) is -4.20. The molecule has 10 heteroatoms. The van der Waals surface area contributed by atoms with E-state index in [1.807, 2.05) is 18.2 Å². The predicted molar refractivity (Wildman–Crippen MR) is 136 cm³/mol. The Bertz CT molecular complexity index is 1320. The molecule has 180 valence electrons. The molecule has 0 bridgehead atoms. The first-order valence-electron chi connectivity index (χ1n) is 10.6. The van der Waals surface area contributed by atoms with E-state index in [4.69, 9.17) is 17.3 Å². The van der Waals surface area contributed by atoms with Crippen LogP contribution in [0.3, 0.4) is 0 Å². The van der Waals surface area contributed by atoms with Gasteiger partial charge in [-0.1, -0.05) is 38.4 Å². The van der Waals surface area contributed by atoms with Crippen LogP contribution in [0.25, 0.3) is 22.3 Å². The van der Waals surface area contributed by atoms with Crippen molar-refractivity contribution in [1.82, 2.24) is 14.7 Å². The number of pyridine rings is 2. The molecule has 0 aliphatic carbocycles. The second-order valence-corrected chi connectivity index (χ2v) is 11.1. The molecule has 0 aliphatic heterocycles. The summed E-state index contributed by atoms with van der Waals surface area (Å²) in [6.07, 6.45) is 5.19. The van der Waals surface area contributed by atoms with Gasteiger partial charge in [-0.15, -0.1) is 0 Å². The molecule has 2 amide bonds. The Labute approximate surface area is 205 Å². The molecule has 34 heavy (non-hydrogen) atoms. The van der Waals surface area contributed by atoms with E-state index >= 15 is 0 Å². The van der Waals surface area contributed by atoms with Gasteiger partial charge in [0.05, 0.1) is 10.7 Å². The summed E-state index contributed by atoms with van der Waals surface area (Å²) in [6.45, 7) is 9.57. The molecule has 3 N–H and O–H groups in total. The van der Waals surface area contributed by atoms with Crippen molar-refractivity contribution in [3.8, 4) is 22.3 Å². The van der Waals surface area contributed by atoms with E-state index in [0.717, 1.165) is 22.4 Å². The van der Waals surface area contributed by atoms with Gasteiger partial charge >= 0.3 is 16.2 Å². The Kier molecular flexibility index (Phi) is 7.30. The zero-order valence-electron chi connectivity index (χ0n) is 19.7. The van der Waals surface area contributed by atoms with Gasteiger partial charge in [0.1, 0.15) is 0 Å². The minimum Gasteiger partial charge on any atom is -0.350 e. The van der Waals surface area contributed by atoms with E-state index in [1.165, 1.54) is 12.1 Å². The van der Waals surface area contributed by atoms with Crippen molar-refractivity contribution in [3.63, 3.8) is 0 Å². The third-order valence-corrected chi connectivity index (χ3v) is 6.88. The summed E-state index contributed by atoms with van der Waals surface area (Å²) < 4.78 is 28.0. The minimum atomic E-state index is -4.20. The Morgan fingerprint density at radius 1 is 1.06 bits per heavy atom. The lowest BCUT2D eigenvalue weighted by atomic mass is 9.90. The third kappa shape index (κ3) is 5.72. The molecule has 8 nitrogen and oxygen atoms in total. The van der Waals surface area contributed by atoms with Gasteiger partial charge in [0.15, 0.2) is 0 Å². The highest BCUT2D eigenvalue weighted by molar-refractivity contribution is 7.91.